The molecule has 0 aliphatic heterocycles. The number of nitrogens with one attached hydrogen (secondary N) is 1. The summed E-state index contributed by atoms with van der Waals surface area (Å²) in [5.74, 6) is 0.630. The van der Waals surface area contributed by atoms with Crippen LogP contribution in [0.3, 0.4) is 0 Å². The molecule has 1 aromatic carbocycles. The monoisotopic (exact) mass is 357 g/mol. The molecule has 0 unspecified atom stereocenters. The fourth-order valence-corrected chi connectivity index (χ4v) is 3.48. The Labute approximate surface area is 140 Å². The first-order valence-corrected chi connectivity index (χ1v) is 8.20. The number of anilines is 2. The van der Waals surface area contributed by atoms with Gasteiger partial charge in [-0.3, -0.25) is 0 Å². The van der Waals surface area contributed by atoms with Crippen LogP contribution >= 0.6 is 46.1 Å². The summed E-state index contributed by atoms with van der Waals surface area (Å²) in [5.41, 5.74) is 0.685. The van der Waals surface area contributed by atoms with Crippen molar-refractivity contribution in [2.75, 3.05) is 5.32 Å². The zero-order valence-corrected chi connectivity index (χ0v) is 14.0. The molecule has 3 nitrogen and oxygen atoms in total. The molecule has 0 amide bonds. The van der Waals surface area contributed by atoms with Gasteiger partial charge < -0.3 is 5.32 Å². The van der Waals surface area contributed by atoms with E-state index < -0.39 is 0 Å². The second kappa shape index (κ2) is 5.97. The third-order valence-electron chi connectivity index (χ3n) is 2.97. The van der Waals surface area contributed by atoms with Gasteiger partial charge in [0.2, 0.25) is 5.28 Å². The number of thiophene rings is 1. The standard InChI is InChI=1S/C14H10Cl3N3S/c1-2-7-6-8-12(19-14(17)20-13(8)21-7)18-10-5-3-4-9(15)11(10)16/h3-6H,2H2,1H3,(H,18,19,20). The fourth-order valence-electron chi connectivity index (χ4n) is 1.94. The number of fused-ring (bicyclic) bond motifs is 1. The molecular formula is C14H10Cl3N3S. The molecule has 3 aromatic rings. The summed E-state index contributed by atoms with van der Waals surface area (Å²) in [6, 6.07) is 7.46. The lowest BCUT2D eigenvalue weighted by Crippen LogP contribution is -1.96. The summed E-state index contributed by atoms with van der Waals surface area (Å²) in [4.78, 5) is 10.6. The second-order valence-electron chi connectivity index (χ2n) is 4.35. The Morgan fingerprint density at radius 3 is 2.76 bits per heavy atom. The lowest BCUT2D eigenvalue weighted by Gasteiger charge is -2.09. The molecule has 108 valence electrons. The summed E-state index contributed by atoms with van der Waals surface area (Å²) in [6.07, 6.45) is 0.940. The van der Waals surface area contributed by atoms with Crippen LogP contribution in [0.2, 0.25) is 15.3 Å². The number of aromatic nitrogens is 2. The summed E-state index contributed by atoms with van der Waals surface area (Å²) in [7, 11) is 0. The highest BCUT2D eigenvalue weighted by atomic mass is 35.5. The lowest BCUT2D eigenvalue weighted by atomic mass is 10.3. The summed E-state index contributed by atoms with van der Waals surface area (Å²) in [6.45, 7) is 2.10. The maximum absolute atomic E-state index is 6.20. The van der Waals surface area contributed by atoms with E-state index in [2.05, 4.69) is 28.3 Å². The summed E-state index contributed by atoms with van der Waals surface area (Å²) in [5, 5.41) is 5.25. The van der Waals surface area contributed by atoms with Crippen molar-refractivity contribution >= 4 is 67.9 Å². The van der Waals surface area contributed by atoms with Crippen LogP contribution in [0.5, 0.6) is 0 Å². The molecule has 0 aliphatic carbocycles. The van der Waals surface area contributed by atoms with Gasteiger partial charge in [-0.2, -0.15) is 4.98 Å². The first kappa shape index (κ1) is 14.9. The highest BCUT2D eigenvalue weighted by molar-refractivity contribution is 7.18. The van der Waals surface area contributed by atoms with Crippen molar-refractivity contribution in [2.24, 2.45) is 0 Å². The van der Waals surface area contributed by atoms with Gasteiger partial charge in [0.25, 0.3) is 0 Å². The van der Waals surface area contributed by atoms with E-state index in [-0.39, 0.29) is 5.28 Å². The van der Waals surface area contributed by atoms with Gasteiger partial charge in [0.15, 0.2) is 0 Å². The van der Waals surface area contributed by atoms with Crippen LogP contribution in [0.1, 0.15) is 11.8 Å². The molecule has 2 aromatic heterocycles. The minimum Gasteiger partial charge on any atom is -0.338 e. The number of benzene rings is 1. The summed E-state index contributed by atoms with van der Waals surface area (Å²) >= 11 is 19.8. The smallest absolute Gasteiger partial charge is 0.225 e. The summed E-state index contributed by atoms with van der Waals surface area (Å²) < 4.78 is 0. The van der Waals surface area contributed by atoms with Gasteiger partial charge in [0.05, 0.1) is 21.1 Å². The van der Waals surface area contributed by atoms with Gasteiger partial charge in [-0.05, 0) is 36.2 Å². The van der Waals surface area contributed by atoms with Crippen molar-refractivity contribution in [3.8, 4) is 0 Å². The van der Waals surface area contributed by atoms with Crippen LogP contribution in [-0.4, -0.2) is 9.97 Å². The minimum atomic E-state index is 0.202. The van der Waals surface area contributed by atoms with Gasteiger partial charge in [0, 0.05) is 4.88 Å². The van der Waals surface area contributed by atoms with Crippen LogP contribution in [0.4, 0.5) is 11.5 Å². The predicted molar refractivity (Wildman–Crippen MR) is 91.5 cm³/mol. The van der Waals surface area contributed by atoms with Gasteiger partial charge in [0.1, 0.15) is 10.6 Å². The van der Waals surface area contributed by atoms with Crippen LogP contribution in [-0.2, 0) is 6.42 Å². The van der Waals surface area contributed by atoms with Crippen molar-refractivity contribution in [3.63, 3.8) is 0 Å². The molecule has 1 N–H and O–H groups in total. The van der Waals surface area contributed by atoms with Crippen LogP contribution in [0.25, 0.3) is 10.2 Å². The van der Waals surface area contributed by atoms with E-state index in [4.69, 9.17) is 34.8 Å². The molecule has 0 saturated heterocycles. The maximum atomic E-state index is 6.20. The Hall–Kier alpha value is -1.07. The molecular weight excluding hydrogens is 349 g/mol. The van der Waals surface area contributed by atoms with E-state index in [0.29, 0.717) is 21.6 Å². The van der Waals surface area contributed by atoms with Crippen molar-refractivity contribution in [2.45, 2.75) is 13.3 Å². The van der Waals surface area contributed by atoms with Crippen molar-refractivity contribution < 1.29 is 0 Å². The fraction of sp³-hybridized carbons (Fsp3) is 0.143. The molecule has 0 bridgehead atoms. The van der Waals surface area contributed by atoms with E-state index >= 15 is 0 Å². The minimum absolute atomic E-state index is 0.202. The van der Waals surface area contributed by atoms with E-state index in [0.717, 1.165) is 16.6 Å². The Morgan fingerprint density at radius 1 is 1.19 bits per heavy atom. The second-order valence-corrected chi connectivity index (χ2v) is 6.59. The number of hydrogen-bond donors (Lipinski definition) is 1. The number of hydrogen-bond acceptors (Lipinski definition) is 4. The normalized spacial score (nSPS) is 11.0. The molecule has 0 radical (unpaired) electrons. The van der Waals surface area contributed by atoms with Crippen LogP contribution < -0.4 is 5.32 Å². The number of aryl methyl sites for hydroxylation is 1. The third-order valence-corrected chi connectivity index (χ3v) is 5.13. The van der Waals surface area contributed by atoms with E-state index in [1.807, 2.05) is 12.1 Å². The Balaban J connectivity index is 2.11. The Kier molecular flexibility index (Phi) is 4.22. The molecule has 0 atom stereocenters. The first-order chi connectivity index (χ1) is 10.1. The molecule has 0 aliphatic rings. The highest BCUT2D eigenvalue weighted by Crippen LogP contribution is 2.35. The van der Waals surface area contributed by atoms with E-state index in [9.17, 15) is 0 Å². The number of rotatable bonds is 3. The predicted octanol–water partition coefficient (Wildman–Crippen LogP) is 5.96. The molecule has 0 spiro atoms. The van der Waals surface area contributed by atoms with E-state index in [1.54, 1.807) is 17.4 Å². The lowest BCUT2D eigenvalue weighted by molar-refractivity contribution is 1.19. The van der Waals surface area contributed by atoms with E-state index in [1.165, 1.54) is 4.88 Å². The van der Waals surface area contributed by atoms with Gasteiger partial charge in [-0.25, -0.2) is 4.98 Å². The highest BCUT2D eigenvalue weighted by Gasteiger charge is 2.12. The SMILES string of the molecule is CCc1cc2c(Nc3cccc(Cl)c3Cl)nc(Cl)nc2s1. The zero-order chi connectivity index (χ0) is 15.0. The Bertz CT molecular complexity index is 817. The number of nitrogens with zero attached hydrogens (tertiary/aromatic N) is 2. The maximum Gasteiger partial charge on any atom is 0.225 e. The van der Waals surface area contributed by atoms with Gasteiger partial charge >= 0.3 is 0 Å². The van der Waals surface area contributed by atoms with Crippen molar-refractivity contribution in [1.82, 2.24) is 9.97 Å². The van der Waals surface area contributed by atoms with Gasteiger partial charge in [-0.15, -0.1) is 11.3 Å². The quantitative estimate of drug-likeness (QED) is 0.587. The molecule has 7 heteroatoms. The van der Waals surface area contributed by atoms with Crippen LogP contribution in [0, 0.1) is 0 Å². The average molecular weight is 359 g/mol. The van der Waals surface area contributed by atoms with Crippen molar-refractivity contribution in [3.05, 3.63) is 44.5 Å². The molecule has 3 rings (SSSR count). The van der Waals surface area contributed by atoms with Gasteiger partial charge in [-0.1, -0.05) is 36.2 Å². The molecule has 0 saturated carbocycles. The average Bonchev–Trinajstić information content (AvgIpc) is 2.87. The largest absolute Gasteiger partial charge is 0.338 e. The first-order valence-electron chi connectivity index (χ1n) is 6.25. The van der Waals surface area contributed by atoms with Crippen molar-refractivity contribution in [1.29, 1.82) is 0 Å². The number of halogens is 3. The molecule has 2 heterocycles. The zero-order valence-electron chi connectivity index (χ0n) is 11.0. The Morgan fingerprint density at radius 2 is 2.00 bits per heavy atom. The topological polar surface area (TPSA) is 37.8 Å². The molecule has 0 fully saturated rings. The molecule has 21 heavy (non-hydrogen) atoms. The van der Waals surface area contributed by atoms with Crippen LogP contribution in [0.15, 0.2) is 24.3 Å². The third kappa shape index (κ3) is 2.94.